The van der Waals surface area contributed by atoms with E-state index in [4.69, 9.17) is 19.6 Å². The number of hydrogen-bond acceptors (Lipinski definition) is 4. The predicted molar refractivity (Wildman–Crippen MR) is 65.0 cm³/mol. The van der Waals surface area contributed by atoms with Crippen molar-refractivity contribution in [2.45, 2.75) is 11.6 Å². The lowest BCUT2D eigenvalue weighted by Crippen LogP contribution is -2.54. The van der Waals surface area contributed by atoms with Gasteiger partial charge in [0.15, 0.2) is 0 Å². The first-order chi connectivity index (χ1) is 6.66. The molecule has 0 atom stereocenters. The summed E-state index contributed by atoms with van der Waals surface area (Å²) in [4.78, 5) is 20.6. The van der Waals surface area contributed by atoms with Crippen LogP contribution in [0.2, 0.25) is 0 Å². The fourth-order valence-electron chi connectivity index (χ4n) is 0.581. The zero-order chi connectivity index (χ0) is 10.7. The Balaban J connectivity index is 2.59. The molecule has 0 spiro atoms. The molecule has 8 heteroatoms. The van der Waals surface area contributed by atoms with Crippen molar-refractivity contribution < 1.29 is 19.6 Å². The van der Waals surface area contributed by atoms with E-state index >= 15 is 0 Å². The van der Waals surface area contributed by atoms with Crippen molar-refractivity contribution in [2.75, 3.05) is 21.3 Å². The monoisotopic (exact) mass is 460 g/mol. The van der Waals surface area contributed by atoms with Crippen LogP contribution in [0.5, 0.6) is 0 Å². The summed E-state index contributed by atoms with van der Waals surface area (Å²) >= 11 is 13.0. The average molecular weight is 464 g/mol. The molecule has 1 heterocycles. The molecule has 0 aromatic heterocycles. The molecule has 84 valence electrons. The molecular formula is C6H8Br4O4. The van der Waals surface area contributed by atoms with Crippen LogP contribution in [-0.2, 0) is 19.6 Å². The van der Waals surface area contributed by atoms with E-state index in [9.17, 15) is 0 Å². The van der Waals surface area contributed by atoms with Gasteiger partial charge in [0.1, 0.15) is 0 Å². The molecule has 0 aromatic rings. The molecule has 1 saturated heterocycles. The molecule has 1 aliphatic heterocycles. The number of halogens is 4. The van der Waals surface area contributed by atoms with Gasteiger partial charge in [0.05, 0.1) is 21.3 Å². The molecule has 0 unspecified atom stereocenters. The highest BCUT2D eigenvalue weighted by Crippen LogP contribution is 2.33. The van der Waals surface area contributed by atoms with Gasteiger partial charge in [-0.15, -0.1) is 0 Å². The molecule has 1 rings (SSSR count). The molecule has 1 aliphatic rings. The summed E-state index contributed by atoms with van der Waals surface area (Å²) in [5, 5.41) is 1.75. The third kappa shape index (κ3) is 2.91. The summed E-state index contributed by atoms with van der Waals surface area (Å²) in [7, 11) is 0. The quantitative estimate of drug-likeness (QED) is 0.475. The van der Waals surface area contributed by atoms with Gasteiger partial charge >= 0.3 is 0 Å². The Hall–Kier alpha value is 1.76. The molecule has 0 saturated carbocycles. The fourth-order valence-corrected chi connectivity index (χ4v) is 3.19. The van der Waals surface area contributed by atoms with Crippen LogP contribution >= 0.6 is 63.7 Å². The second-order valence-corrected chi connectivity index (χ2v) is 4.93. The van der Waals surface area contributed by atoms with Crippen LogP contribution < -0.4 is 0 Å². The van der Waals surface area contributed by atoms with Gasteiger partial charge in [-0.1, -0.05) is 63.7 Å². The SMILES string of the molecule is BrCC1(CBr)OOC(CBr)(CBr)OO1. The molecule has 0 aliphatic carbocycles. The van der Waals surface area contributed by atoms with Gasteiger partial charge in [-0.2, -0.15) is 19.6 Å². The Labute approximate surface area is 115 Å². The minimum Gasteiger partial charge on any atom is -0.193 e. The highest BCUT2D eigenvalue weighted by Gasteiger charge is 2.47. The Morgan fingerprint density at radius 3 is 0.929 bits per heavy atom. The summed E-state index contributed by atoms with van der Waals surface area (Å²) in [5.74, 6) is -1.87. The van der Waals surface area contributed by atoms with Crippen LogP contribution in [0, 0.1) is 0 Å². The van der Waals surface area contributed by atoms with E-state index in [0.717, 1.165) is 0 Å². The van der Waals surface area contributed by atoms with E-state index in [0.29, 0.717) is 21.3 Å². The zero-order valence-electron chi connectivity index (χ0n) is 6.97. The second-order valence-electron chi connectivity index (χ2n) is 2.69. The second kappa shape index (κ2) is 5.90. The Kier molecular flexibility index (Phi) is 5.83. The van der Waals surface area contributed by atoms with Crippen LogP contribution in [0.25, 0.3) is 0 Å². The third-order valence-electron chi connectivity index (χ3n) is 1.51. The molecule has 14 heavy (non-hydrogen) atoms. The zero-order valence-corrected chi connectivity index (χ0v) is 13.3. The lowest BCUT2D eigenvalue weighted by Gasteiger charge is -2.39. The van der Waals surface area contributed by atoms with Crippen molar-refractivity contribution in [1.29, 1.82) is 0 Å². The summed E-state index contributed by atoms with van der Waals surface area (Å²) < 4.78 is 0. The van der Waals surface area contributed by atoms with E-state index in [2.05, 4.69) is 63.7 Å². The van der Waals surface area contributed by atoms with Crippen LogP contribution in [0.1, 0.15) is 0 Å². The van der Waals surface area contributed by atoms with Crippen LogP contribution in [0.15, 0.2) is 0 Å². The number of rotatable bonds is 4. The molecule has 0 N–H and O–H groups in total. The van der Waals surface area contributed by atoms with Crippen molar-refractivity contribution >= 4 is 63.7 Å². The van der Waals surface area contributed by atoms with E-state index in [-0.39, 0.29) is 0 Å². The van der Waals surface area contributed by atoms with Crippen molar-refractivity contribution in [1.82, 2.24) is 0 Å². The summed E-state index contributed by atoms with van der Waals surface area (Å²) in [5.41, 5.74) is 0. The van der Waals surface area contributed by atoms with Crippen LogP contribution in [0.3, 0.4) is 0 Å². The molecule has 0 amide bonds. The van der Waals surface area contributed by atoms with Gasteiger partial charge in [0, 0.05) is 0 Å². The predicted octanol–water partition coefficient (Wildman–Crippen LogP) is 2.87. The van der Waals surface area contributed by atoms with E-state index in [1.165, 1.54) is 0 Å². The highest BCUT2D eigenvalue weighted by atomic mass is 79.9. The van der Waals surface area contributed by atoms with Gasteiger partial charge in [-0.05, 0) is 0 Å². The molecule has 1 fully saturated rings. The smallest absolute Gasteiger partial charge is 0.193 e. The third-order valence-corrected chi connectivity index (χ3v) is 4.92. The maximum absolute atomic E-state index is 5.16. The Morgan fingerprint density at radius 1 is 0.571 bits per heavy atom. The summed E-state index contributed by atoms with van der Waals surface area (Å²) in [6, 6.07) is 0. The van der Waals surface area contributed by atoms with Crippen molar-refractivity contribution in [3.63, 3.8) is 0 Å². The lowest BCUT2D eigenvalue weighted by molar-refractivity contribution is -0.638. The molecule has 0 radical (unpaired) electrons. The molecular weight excluding hydrogens is 456 g/mol. The molecule has 0 aromatic carbocycles. The van der Waals surface area contributed by atoms with Gasteiger partial charge in [-0.25, -0.2) is 0 Å². The number of hydrogen-bond donors (Lipinski definition) is 0. The minimum absolute atomic E-state index is 0.436. The minimum atomic E-state index is -0.937. The maximum atomic E-state index is 5.16. The van der Waals surface area contributed by atoms with E-state index < -0.39 is 11.6 Å². The normalized spacial score (nSPS) is 24.9. The molecule has 4 nitrogen and oxygen atoms in total. The van der Waals surface area contributed by atoms with Gasteiger partial charge < -0.3 is 0 Å². The lowest BCUT2D eigenvalue weighted by atomic mass is 10.4. The Morgan fingerprint density at radius 2 is 0.786 bits per heavy atom. The standard InChI is InChI=1S/C6H8Br4O4/c7-1-5(2-8)11-13-6(3-9,4-10)14-12-5/h1-4H2. The van der Waals surface area contributed by atoms with E-state index in [1.807, 2.05) is 0 Å². The maximum Gasteiger partial charge on any atom is 0.253 e. The first-order valence-electron chi connectivity index (χ1n) is 3.63. The first kappa shape index (κ1) is 13.8. The topological polar surface area (TPSA) is 36.9 Å². The van der Waals surface area contributed by atoms with Gasteiger partial charge in [0.2, 0.25) is 0 Å². The number of alkyl halides is 4. The Bertz CT molecular complexity index is 151. The van der Waals surface area contributed by atoms with Crippen molar-refractivity contribution in [3.05, 3.63) is 0 Å². The average Bonchev–Trinajstić information content (AvgIpc) is 2.29. The summed E-state index contributed by atoms with van der Waals surface area (Å²) in [6.45, 7) is 0. The highest BCUT2D eigenvalue weighted by molar-refractivity contribution is 9.10. The largest absolute Gasteiger partial charge is 0.253 e. The first-order valence-corrected chi connectivity index (χ1v) is 8.12. The molecule has 0 bridgehead atoms. The summed E-state index contributed by atoms with van der Waals surface area (Å²) in [6.07, 6.45) is 0. The van der Waals surface area contributed by atoms with Gasteiger partial charge in [-0.3, -0.25) is 0 Å². The van der Waals surface area contributed by atoms with Crippen LogP contribution in [-0.4, -0.2) is 32.9 Å². The van der Waals surface area contributed by atoms with Gasteiger partial charge in [0.25, 0.3) is 11.6 Å². The fraction of sp³-hybridized carbons (Fsp3) is 1.00. The van der Waals surface area contributed by atoms with Crippen molar-refractivity contribution in [2.24, 2.45) is 0 Å². The van der Waals surface area contributed by atoms with Crippen LogP contribution in [0.4, 0.5) is 0 Å². The van der Waals surface area contributed by atoms with Crippen molar-refractivity contribution in [3.8, 4) is 0 Å². The van der Waals surface area contributed by atoms with E-state index in [1.54, 1.807) is 0 Å².